The summed E-state index contributed by atoms with van der Waals surface area (Å²) in [6.45, 7) is 1.58. The van der Waals surface area contributed by atoms with Crippen LogP contribution in [0.1, 0.15) is 31.2 Å². The van der Waals surface area contributed by atoms with E-state index in [1.54, 1.807) is 0 Å². The number of hydrogen-bond acceptors (Lipinski definition) is 3. The van der Waals surface area contributed by atoms with Gasteiger partial charge in [0, 0.05) is 25.0 Å². The van der Waals surface area contributed by atoms with E-state index in [2.05, 4.69) is 5.32 Å². The van der Waals surface area contributed by atoms with Crippen LogP contribution in [0.5, 0.6) is 0 Å². The van der Waals surface area contributed by atoms with Crippen LogP contribution in [0.15, 0.2) is 30.3 Å². The van der Waals surface area contributed by atoms with Gasteiger partial charge in [-0.2, -0.15) is 0 Å². The summed E-state index contributed by atoms with van der Waals surface area (Å²) in [5.41, 5.74) is -0.577. The predicted octanol–water partition coefficient (Wildman–Crippen LogP) is 1.74. The van der Waals surface area contributed by atoms with Crippen LogP contribution in [0.2, 0.25) is 0 Å². The van der Waals surface area contributed by atoms with Crippen LogP contribution in [-0.4, -0.2) is 42.1 Å². The molecule has 1 aromatic carbocycles. The Labute approximate surface area is 137 Å². The molecule has 4 rings (SSSR count). The molecule has 0 bridgehead atoms. The Bertz CT molecular complexity index is 572. The van der Waals surface area contributed by atoms with E-state index in [9.17, 15) is 9.90 Å². The van der Waals surface area contributed by atoms with Crippen LogP contribution in [0.3, 0.4) is 0 Å². The maximum atomic E-state index is 13.3. The van der Waals surface area contributed by atoms with Crippen LogP contribution >= 0.6 is 0 Å². The van der Waals surface area contributed by atoms with E-state index in [0.717, 1.165) is 44.3 Å². The molecule has 0 radical (unpaired) electrons. The van der Waals surface area contributed by atoms with Crippen molar-refractivity contribution in [2.24, 2.45) is 17.8 Å². The van der Waals surface area contributed by atoms with Gasteiger partial charge in [0.05, 0.1) is 0 Å². The molecule has 2 N–H and O–H groups in total. The summed E-state index contributed by atoms with van der Waals surface area (Å²) in [7, 11) is 1.99. The van der Waals surface area contributed by atoms with Crippen molar-refractivity contribution < 1.29 is 9.90 Å². The fourth-order valence-electron chi connectivity index (χ4n) is 4.93. The molecule has 1 heterocycles. The third-order valence-electron chi connectivity index (χ3n) is 6.30. The summed E-state index contributed by atoms with van der Waals surface area (Å²) >= 11 is 0. The van der Waals surface area contributed by atoms with Gasteiger partial charge in [0.25, 0.3) is 5.91 Å². The van der Waals surface area contributed by atoms with E-state index in [1.165, 1.54) is 0 Å². The number of nitrogens with zero attached hydrogens (tertiary/aromatic N) is 1. The maximum absolute atomic E-state index is 13.3. The molecule has 4 nitrogen and oxygen atoms in total. The molecule has 2 aliphatic carbocycles. The Morgan fingerprint density at radius 1 is 1.17 bits per heavy atom. The molecule has 2 saturated carbocycles. The highest BCUT2D eigenvalue weighted by molar-refractivity contribution is 5.87. The molecule has 23 heavy (non-hydrogen) atoms. The first-order valence-corrected chi connectivity index (χ1v) is 8.90. The number of piperidine rings is 1. The largest absolute Gasteiger partial charge is 0.375 e. The van der Waals surface area contributed by atoms with Gasteiger partial charge in [-0.25, -0.2) is 0 Å². The zero-order valence-electron chi connectivity index (χ0n) is 13.7. The lowest BCUT2D eigenvalue weighted by molar-refractivity contribution is -0.158. The monoisotopic (exact) mass is 314 g/mol. The van der Waals surface area contributed by atoms with Gasteiger partial charge in [-0.1, -0.05) is 43.2 Å². The topological polar surface area (TPSA) is 52.6 Å². The highest BCUT2D eigenvalue weighted by Crippen LogP contribution is 2.48. The number of benzene rings is 1. The minimum atomic E-state index is -1.34. The van der Waals surface area contributed by atoms with E-state index in [1.807, 2.05) is 42.3 Å². The summed E-state index contributed by atoms with van der Waals surface area (Å²) in [6.07, 6.45) is 4.11. The number of carbonyl (C=O) groups is 1. The number of hydrogen-bond donors (Lipinski definition) is 2. The van der Waals surface area contributed by atoms with Crippen molar-refractivity contribution >= 4 is 5.91 Å². The van der Waals surface area contributed by atoms with Crippen molar-refractivity contribution in [1.29, 1.82) is 0 Å². The van der Waals surface area contributed by atoms with Crippen molar-refractivity contribution in [3.63, 3.8) is 0 Å². The third kappa shape index (κ3) is 2.31. The molecule has 1 saturated heterocycles. The SMILES string of the molecule is CNC1C2CN(C(=O)[C@](O)(c3ccccc3)C3CCCC3)CC21. The lowest BCUT2D eigenvalue weighted by Gasteiger charge is -2.37. The Morgan fingerprint density at radius 2 is 1.78 bits per heavy atom. The number of aliphatic hydroxyl groups is 1. The van der Waals surface area contributed by atoms with Gasteiger partial charge in [0.2, 0.25) is 0 Å². The van der Waals surface area contributed by atoms with E-state index in [-0.39, 0.29) is 11.8 Å². The van der Waals surface area contributed by atoms with E-state index >= 15 is 0 Å². The molecule has 3 aliphatic rings. The maximum Gasteiger partial charge on any atom is 0.259 e. The first-order valence-electron chi connectivity index (χ1n) is 8.90. The van der Waals surface area contributed by atoms with E-state index in [0.29, 0.717) is 17.9 Å². The van der Waals surface area contributed by atoms with Crippen LogP contribution in [0.25, 0.3) is 0 Å². The van der Waals surface area contributed by atoms with Gasteiger partial charge in [-0.05, 0) is 37.3 Å². The first-order chi connectivity index (χ1) is 11.2. The number of nitrogens with one attached hydrogen (secondary N) is 1. The van der Waals surface area contributed by atoms with Crippen molar-refractivity contribution in [1.82, 2.24) is 10.2 Å². The molecule has 0 aromatic heterocycles. The van der Waals surface area contributed by atoms with Crippen molar-refractivity contribution in [3.05, 3.63) is 35.9 Å². The van der Waals surface area contributed by atoms with Gasteiger partial charge in [0.15, 0.2) is 5.60 Å². The lowest BCUT2D eigenvalue weighted by atomic mass is 9.79. The van der Waals surface area contributed by atoms with Gasteiger partial charge in [0.1, 0.15) is 0 Å². The molecule has 2 unspecified atom stereocenters. The molecular formula is C19H26N2O2. The summed E-state index contributed by atoms with van der Waals surface area (Å²) in [4.78, 5) is 15.2. The zero-order chi connectivity index (χ0) is 16.0. The number of fused-ring (bicyclic) bond motifs is 1. The fourth-order valence-corrected chi connectivity index (χ4v) is 4.93. The molecule has 1 aliphatic heterocycles. The van der Waals surface area contributed by atoms with Crippen LogP contribution < -0.4 is 5.32 Å². The summed E-state index contributed by atoms with van der Waals surface area (Å²) in [5, 5.41) is 14.9. The lowest BCUT2D eigenvalue weighted by Crippen LogP contribution is -2.51. The third-order valence-corrected chi connectivity index (χ3v) is 6.30. The molecular weight excluding hydrogens is 288 g/mol. The van der Waals surface area contributed by atoms with E-state index in [4.69, 9.17) is 0 Å². The zero-order valence-corrected chi connectivity index (χ0v) is 13.7. The Hall–Kier alpha value is -1.39. The number of amides is 1. The minimum absolute atomic E-state index is 0.0504. The molecule has 3 atom stereocenters. The van der Waals surface area contributed by atoms with Crippen LogP contribution in [-0.2, 0) is 10.4 Å². The number of likely N-dealkylation sites (tertiary alicyclic amines) is 1. The fraction of sp³-hybridized carbons (Fsp3) is 0.632. The van der Waals surface area contributed by atoms with Crippen molar-refractivity contribution in [2.45, 2.75) is 37.3 Å². The average molecular weight is 314 g/mol. The molecule has 0 spiro atoms. The van der Waals surface area contributed by atoms with Crippen molar-refractivity contribution in [3.8, 4) is 0 Å². The Kier molecular flexibility index (Phi) is 3.69. The van der Waals surface area contributed by atoms with E-state index < -0.39 is 5.60 Å². The standard InChI is InChI=1S/C19H26N2O2/c1-20-17-15-11-21(12-16(15)17)18(22)19(23,14-9-5-6-10-14)13-7-3-2-4-8-13/h2-4,7-8,14-17,20,23H,5-6,9-12H2,1H3/t15?,16?,17?,19-/m0/s1. The molecule has 3 fully saturated rings. The highest BCUT2D eigenvalue weighted by Gasteiger charge is 2.59. The molecule has 4 heteroatoms. The second-order valence-corrected chi connectivity index (χ2v) is 7.47. The minimum Gasteiger partial charge on any atom is -0.375 e. The Morgan fingerprint density at radius 3 is 2.35 bits per heavy atom. The summed E-state index contributed by atoms with van der Waals surface area (Å²) in [5.74, 6) is 1.13. The van der Waals surface area contributed by atoms with Crippen LogP contribution in [0.4, 0.5) is 0 Å². The smallest absolute Gasteiger partial charge is 0.259 e. The normalized spacial score (nSPS) is 32.6. The van der Waals surface area contributed by atoms with Crippen LogP contribution in [0, 0.1) is 17.8 Å². The average Bonchev–Trinajstić information content (AvgIpc) is 3.02. The molecule has 1 aromatic rings. The van der Waals surface area contributed by atoms with Gasteiger partial charge in [-0.15, -0.1) is 0 Å². The summed E-state index contributed by atoms with van der Waals surface area (Å²) in [6, 6.07) is 10.1. The Balaban J connectivity index is 1.60. The molecule has 1 amide bonds. The first kappa shape index (κ1) is 15.2. The number of rotatable bonds is 4. The quantitative estimate of drug-likeness (QED) is 0.890. The number of carbonyl (C=O) groups excluding carboxylic acids is 1. The highest BCUT2D eigenvalue weighted by atomic mass is 16.3. The summed E-state index contributed by atoms with van der Waals surface area (Å²) < 4.78 is 0. The van der Waals surface area contributed by atoms with Gasteiger partial charge < -0.3 is 15.3 Å². The second-order valence-electron chi connectivity index (χ2n) is 7.47. The predicted molar refractivity (Wildman–Crippen MR) is 88.7 cm³/mol. The van der Waals surface area contributed by atoms with Gasteiger partial charge >= 0.3 is 0 Å². The van der Waals surface area contributed by atoms with Crippen molar-refractivity contribution in [2.75, 3.05) is 20.1 Å². The second kappa shape index (κ2) is 5.60. The van der Waals surface area contributed by atoms with Gasteiger partial charge in [-0.3, -0.25) is 4.79 Å². The molecule has 124 valence electrons.